The average Bonchev–Trinajstić information content (AvgIpc) is 3.40. The van der Waals surface area contributed by atoms with Crippen molar-refractivity contribution in [2.75, 3.05) is 26.3 Å². The van der Waals surface area contributed by atoms with Gasteiger partial charge in [-0.1, -0.05) is 24.3 Å². The van der Waals surface area contributed by atoms with Gasteiger partial charge in [0, 0.05) is 37.0 Å². The maximum Gasteiger partial charge on any atom is 0.336 e. The Kier molecular flexibility index (Phi) is 7.21. The Morgan fingerprint density at radius 1 is 1.00 bits per heavy atom. The van der Waals surface area contributed by atoms with Crippen LogP contribution in [0.5, 0.6) is 0 Å². The van der Waals surface area contributed by atoms with E-state index in [0.29, 0.717) is 47.8 Å². The van der Waals surface area contributed by atoms with Crippen molar-refractivity contribution in [3.8, 4) is 0 Å². The molecule has 1 aliphatic rings. The molecule has 3 heterocycles. The van der Waals surface area contributed by atoms with Gasteiger partial charge in [0.25, 0.3) is 17.4 Å². The molecule has 0 spiro atoms. The van der Waals surface area contributed by atoms with Gasteiger partial charge in [-0.15, -0.1) is 11.3 Å². The molecule has 9 nitrogen and oxygen atoms in total. The lowest BCUT2D eigenvalue weighted by Crippen LogP contribution is -2.40. The number of hydrogen-bond donors (Lipinski definition) is 1. The molecule has 0 unspecified atom stereocenters. The predicted octanol–water partition coefficient (Wildman–Crippen LogP) is 2.42. The van der Waals surface area contributed by atoms with Crippen molar-refractivity contribution in [2.45, 2.75) is 20.0 Å². The molecule has 0 saturated carbocycles. The first-order valence-corrected chi connectivity index (χ1v) is 12.9. The molecule has 2 aromatic carbocycles. The molecule has 196 valence electrons. The summed E-state index contributed by atoms with van der Waals surface area (Å²) >= 11 is 1.06. The summed E-state index contributed by atoms with van der Waals surface area (Å²) in [6.07, 6.45) is 1.43. The summed E-state index contributed by atoms with van der Waals surface area (Å²) < 4.78 is 20.8. The Hall–Kier alpha value is -4.09. The van der Waals surface area contributed by atoms with Gasteiger partial charge in [0.1, 0.15) is 15.5 Å². The third kappa shape index (κ3) is 5.15. The number of fused-ring (bicyclic) bond motifs is 1. The van der Waals surface area contributed by atoms with Crippen LogP contribution in [-0.4, -0.2) is 52.0 Å². The molecular weight excluding hydrogens is 511 g/mol. The first kappa shape index (κ1) is 25.6. The van der Waals surface area contributed by atoms with Crippen molar-refractivity contribution < 1.29 is 18.7 Å². The average molecular weight is 537 g/mol. The monoisotopic (exact) mass is 536 g/mol. The van der Waals surface area contributed by atoms with E-state index in [-0.39, 0.29) is 29.7 Å². The summed E-state index contributed by atoms with van der Waals surface area (Å²) in [7, 11) is 0. The molecule has 1 aliphatic heterocycles. The number of aromatic nitrogens is 2. The van der Waals surface area contributed by atoms with E-state index in [1.54, 1.807) is 48.2 Å². The number of carbonyl (C=O) groups excluding carboxylic acids is 2. The van der Waals surface area contributed by atoms with Crippen LogP contribution in [0.1, 0.15) is 36.7 Å². The molecule has 1 N–H and O–H groups in total. The number of morpholine rings is 1. The van der Waals surface area contributed by atoms with Crippen molar-refractivity contribution in [3.05, 3.63) is 109 Å². The van der Waals surface area contributed by atoms with Crippen molar-refractivity contribution in [1.82, 2.24) is 19.2 Å². The molecule has 1 saturated heterocycles. The van der Waals surface area contributed by atoms with Crippen LogP contribution in [0.25, 0.3) is 4.83 Å². The van der Waals surface area contributed by atoms with Gasteiger partial charge in [-0.25, -0.2) is 9.18 Å². The van der Waals surface area contributed by atoms with E-state index in [2.05, 4.69) is 5.32 Å². The van der Waals surface area contributed by atoms with Crippen LogP contribution in [-0.2, 0) is 17.8 Å². The largest absolute Gasteiger partial charge is 0.378 e. The van der Waals surface area contributed by atoms with Crippen molar-refractivity contribution in [1.29, 1.82) is 0 Å². The second kappa shape index (κ2) is 10.7. The quantitative estimate of drug-likeness (QED) is 0.408. The molecule has 2 aromatic heterocycles. The van der Waals surface area contributed by atoms with Crippen molar-refractivity contribution in [3.63, 3.8) is 0 Å². The number of benzene rings is 2. The van der Waals surface area contributed by atoms with E-state index in [9.17, 15) is 23.6 Å². The highest BCUT2D eigenvalue weighted by Crippen LogP contribution is 2.19. The lowest BCUT2D eigenvalue weighted by Gasteiger charge is -2.26. The van der Waals surface area contributed by atoms with E-state index < -0.39 is 17.2 Å². The Balaban J connectivity index is 1.35. The summed E-state index contributed by atoms with van der Waals surface area (Å²) in [5.74, 6) is -0.849. The van der Waals surface area contributed by atoms with E-state index in [1.165, 1.54) is 22.7 Å². The van der Waals surface area contributed by atoms with Crippen LogP contribution in [0.4, 0.5) is 4.39 Å². The molecule has 0 aliphatic carbocycles. The van der Waals surface area contributed by atoms with E-state index in [1.807, 2.05) is 0 Å². The minimum absolute atomic E-state index is 0.0232. The summed E-state index contributed by atoms with van der Waals surface area (Å²) in [5.41, 5.74) is 1.30. The number of nitrogens with zero attached hydrogens (tertiary/aromatic N) is 3. The zero-order valence-corrected chi connectivity index (χ0v) is 21.4. The van der Waals surface area contributed by atoms with Crippen molar-refractivity contribution in [2.24, 2.45) is 0 Å². The molecule has 0 bridgehead atoms. The zero-order chi connectivity index (χ0) is 26.8. The Labute approximate surface area is 220 Å². The number of nitrogens with one attached hydrogen (secondary N) is 1. The first-order valence-electron chi connectivity index (χ1n) is 12.1. The maximum atomic E-state index is 13.2. The summed E-state index contributed by atoms with van der Waals surface area (Å²) in [6, 6.07) is 12.6. The number of hydrogen-bond acceptors (Lipinski definition) is 6. The van der Waals surface area contributed by atoms with Gasteiger partial charge in [-0.2, -0.15) is 0 Å². The zero-order valence-electron chi connectivity index (χ0n) is 20.6. The van der Waals surface area contributed by atoms with Crippen LogP contribution in [0.3, 0.4) is 0 Å². The number of carbonyl (C=O) groups is 2. The molecule has 38 heavy (non-hydrogen) atoms. The van der Waals surface area contributed by atoms with Crippen LogP contribution in [0.2, 0.25) is 0 Å². The van der Waals surface area contributed by atoms with Gasteiger partial charge in [0.15, 0.2) is 0 Å². The molecule has 0 radical (unpaired) electrons. The lowest BCUT2D eigenvalue weighted by atomic mass is 10.1. The Morgan fingerprint density at radius 3 is 2.34 bits per heavy atom. The van der Waals surface area contributed by atoms with E-state index >= 15 is 0 Å². The van der Waals surface area contributed by atoms with Crippen molar-refractivity contribution >= 4 is 28.0 Å². The lowest BCUT2D eigenvalue weighted by molar-refractivity contribution is 0.0303. The number of thiazole rings is 1. The molecular formula is C27H25FN4O5S. The van der Waals surface area contributed by atoms with Gasteiger partial charge < -0.3 is 15.0 Å². The smallest absolute Gasteiger partial charge is 0.336 e. The fourth-order valence-corrected chi connectivity index (χ4v) is 5.27. The summed E-state index contributed by atoms with van der Waals surface area (Å²) in [6.45, 7) is 3.94. The fraction of sp³-hybridized carbons (Fsp3) is 0.259. The minimum Gasteiger partial charge on any atom is -0.378 e. The number of aryl methyl sites for hydroxylation is 1. The van der Waals surface area contributed by atoms with Gasteiger partial charge in [-0.05, 0) is 42.3 Å². The van der Waals surface area contributed by atoms with Gasteiger partial charge >= 0.3 is 5.69 Å². The van der Waals surface area contributed by atoms with Crippen LogP contribution < -0.4 is 16.6 Å². The van der Waals surface area contributed by atoms with Crippen LogP contribution in [0, 0.1) is 12.7 Å². The Morgan fingerprint density at radius 2 is 1.66 bits per heavy atom. The topological polar surface area (TPSA) is 102 Å². The highest BCUT2D eigenvalue weighted by molar-refractivity contribution is 7.19. The predicted molar refractivity (Wildman–Crippen MR) is 140 cm³/mol. The summed E-state index contributed by atoms with van der Waals surface area (Å²) in [4.78, 5) is 54.1. The number of ether oxygens (including phenoxy) is 1. The number of amides is 2. The maximum absolute atomic E-state index is 13.2. The second-order valence-corrected chi connectivity index (χ2v) is 10.0. The van der Waals surface area contributed by atoms with E-state index in [0.717, 1.165) is 21.5 Å². The molecule has 4 aromatic rings. The molecule has 5 rings (SSSR count). The van der Waals surface area contributed by atoms with Crippen LogP contribution in [0.15, 0.2) is 64.3 Å². The summed E-state index contributed by atoms with van der Waals surface area (Å²) in [5, 5.41) is 2.75. The highest BCUT2D eigenvalue weighted by atomic mass is 32.1. The third-order valence-electron chi connectivity index (χ3n) is 6.43. The van der Waals surface area contributed by atoms with Gasteiger partial charge in [-0.3, -0.25) is 23.4 Å². The number of rotatable bonds is 6. The van der Waals surface area contributed by atoms with Crippen LogP contribution >= 0.6 is 11.3 Å². The fourth-order valence-electron chi connectivity index (χ4n) is 4.27. The SMILES string of the molecule is Cc1c(=O)n(Cc2ccc(C(=O)N3CCOCC3)cc2)c(=O)n2cc(C(=O)NCc3ccc(F)cc3)sc12. The third-order valence-corrected chi connectivity index (χ3v) is 7.63. The number of halogens is 1. The normalized spacial score (nSPS) is 13.6. The molecule has 11 heteroatoms. The highest BCUT2D eigenvalue weighted by Gasteiger charge is 2.20. The first-order chi connectivity index (χ1) is 18.3. The minimum atomic E-state index is -0.557. The standard InChI is InChI=1S/C27H25FN4O5S/c1-17-24(34)31(15-19-2-6-20(7-3-19)25(35)30-10-12-37-13-11-30)27(36)32-16-22(38-26(17)32)23(33)29-14-18-4-8-21(28)9-5-18/h2-9,16H,10-15H2,1H3,(H,29,33). The molecule has 0 atom stereocenters. The molecule has 2 amide bonds. The second-order valence-electron chi connectivity index (χ2n) is 8.98. The van der Waals surface area contributed by atoms with Gasteiger partial charge in [0.2, 0.25) is 0 Å². The molecule has 1 fully saturated rings. The van der Waals surface area contributed by atoms with Gasteiger partial charge in [0.05, 0.1) is 19.8 Å². The van der Waals surface area contributed by atoms with E-state index in [4.69, 9.17) is 4.74 Å². The Bertz CT molecular complexity index is 1620.